The molecule has 0 bridgehead atoms. The Labute approximate surface area is 86.2 Å². The van der Waals surface area contributed by atoms with Gasteiger partial charge in [-0.2, -0.15) is 8.75 Å². The monoisotopic (exact) mass is 212 g/mol. The summed E-state index contributed by atoms with van der Waals surface area (Å²) >= 11 is 1.05. The Kier molecular flexibility index (Phi) is 3.05. The Hall–Kier alpha value is -1.01. The van der Waals surface area contributed by atoms with E-state index in [0.29, 0.717) is 18.3 Å². The van der Waals surface area contributed by atoms with E-state index in [1.807, 2.05) is 0 Å². The van der Waals surface area contributed by atoms with Gasteiger partial charge in [-0.15, -0.1) is 0 Å². The highest BCUT2D eigenvalue weighted by Crippen LogP contribution is 2.03. The number of nitrogens with zero attached hydrogens (tertiary/aromatic N) is 2. The van der Waals surface area contributed by atoms with Crippen molar-refractivity contribution in [1.29, 1.82) is 0 Å². The fourth-order valence-corrected chi connectivity index (χ4v) is 1.91. The molecule has 2 heterocycles. The first-order chi connectivity index (χ1) is 6.86. The Balaban J connectivity index is 1.78. The SMILES string of the molecule is O=C(NCC1CCCN1)c1cnsn1. The molecule has 76 valence electrons. The maximum Gasteiger partial charge on any atom is 0.272 e. The minimum absolute atomic E-state index is 0.132. The highest BCUT2D eigenvalue weighted by molar-refractivity contribution is 6.99. The summed E-state index contributed by atoms with van der Waals surface area (Å²) in [5, 5.41) is 6.14. The fraction of sp³-hybridized carbons (Fsp3) is 0.625. The van der Waals surface area contributed by atoms with Gasteiger partial charge in [0.05, 0.1) is 17.9 Å². The maximum atomic E-state index is 11.4. The van der Waals surface area contributed by atoms with Crippen LogP contribution in [-0.2, 0) is 0 Å². The Morgan fingerprint density at radius 3 is 3.36 bits per heavy atom. The van der Waals surface area contributed by atoms with Gasteiger partial charge in [0.15, 0.2) is 5.69 Å². The van der Waals surface area contributed by atoms with Crippen molar-refractivity contribution in [3.63, 3.8) is 0 Å². The van der Waals surface area contributed by atoms with E-state index in [0.717, 1.165) is 24.7 Å². The molecule has 1 aromatic rings. The molecule has 14 heavy (non-hydrogen) atoms. The van der Waals surface area contributed by atoms with E-state index in [-0.39, 0.29) is 5.91 Å². The van der Waals surface area contributed by atoms with Gasteiger partial charge in [0.1, 0.15) is 0 Å². The molecule has 0 aliphatic carbocycles. The zero-order valence-electron chi connectivity index (χ0n) is 7.69. The number of aromatic nitrogens is 2. The normalized spacial score (nSPS) is 21.0. The van der Waals surface area contributed by atoms with E-state index in [2.05, 4.69) is 19.4 Å². The third-order valence-corrected chi connectivity index (χ3v) is 2.74. The highest BCUT2D eigenvalue weighted by Gasteiger charge is 2.15. The molecule has 1 fully saturated rings. The molecule has 1 aromatic heterocycles. The van der Waals surface area contributed by atoms with E-state index in [4.69, 9.17) is 0 Å². The third kappa shape index (κ3) is 2.27. The lowest BCUT2D eigenvalue weighted by Crippen LogP contribution is -2.37. The van der Waals surface area contributed by atoms with Crippen LogP contribution in [0.3, 0.4) is 0 Å². The lowest BCUT2D eigenvalue weighted by atomic mass is 10.2. The molecule has 2 N–H and O–H groups in total. The number of amides is 1. The summed E-state index contributed by atoms with van der Waals surface area (Å²) in [6, 6.07) is 0.422. The predicted molar refractivity (Wildman–Crippen MR) is 53.3 cm³/mol. The first-order valence-corrected chi connectivity index (χ1v) is 5.38. The third-order valence-electron chi connectivity index (χ3n) is 2.27. The lowest BCUT2D eigenvalue weighted by Gasteiger charge is -2.09. The molecule has 1 unspecified atom stereocenters. The van der Waals surface area contributed by atoms with Gasteiger partial charge in [-0.1, -0.05) is 0 Å². The van der Waals surface area contributed by atoms with Crippen LogP contribution in [0.4, 0.5) is 0 Å². The summed E-state index contributed by atoms with van der Waals surface area (Å²) in [6.45, 7) is 1.73. The summed E-state index contributed by atoms with van der Waals surface area (Å²) in [5.74, 6) is -0.132. The second-order valence-corrected chi connectivity index (χ2v) is 3.85. The van der Waals surface area contributed by atoms with Crippen LogP contribution in [0.15, 0.2) is 6.20 Å². The van der Waals surface area contributed by atoms with Gasteiger partial charge >= 0.3 is 0 Å². The first kappa shape index (κ1) is 9.54. The number of carbonyl (C=O) groups is 1. The standard InChI is InChI=1S/C8H12N4OS/c13-8(7-5-11-14-12-7)10-4-6-2-1-3-9-6/h5-6,9H,1-4H2,(H,10,13). The van der Waals surface area contributed by atoms with Crippen molar-refractivity contribution in [2.24, 2.45) is 0 Å². The average Bonchev–Trinajstić information content (AvgIpc) is 2.87. The van der Waals surface area contributed by atoms with E-state index in [1.54, 1.807) is 0 Å². The molecular weight excluding hydrogens is 200 g/mol. The van der Waals surface area contributed by atoms with Crippen LogP contribution in [0.5, 0.6) is 0 Å². The molecule has 1 saturated heterocycles. The summed E-state index contributed by atoms with van der Waals surface area (Å²) in [6.07, 6.45) is 3.82. The lowest BCUT2D eigenvalue weighted by molar-refractivity contribution is 0.0946. The number of hydrogen-bond donors (Lipinski definition) is 2. The maximum absolute atomic E-state index is 11.4. The number of nitrogens with one attached hydrogen (secondary N) is 2. The fourth-order valence-electron chi connectivity index (χ4n) is 1.50. The van der Waals surface area contributed by atoms with E-state index in [9.17, 15) is 4.79 Å². The van der Waals surface area contributed by atoms with Crippen molar-refractivity contribution in [1.82, 2.24) is 19.4 Å². The summed E-state index contributed by atoms with van der Waals surface area (Å²) in [5.41, 5.74) is 0.410. The highest BCUT2D eigenvalue weighted by atomic mass is 32.1. The molecule has 0 spiro atoms. The first-order valence-electron chi connectivity index (χ1n) is 4.65. The molecular formula is C8H12N4OS. The van der Waals surface area contributed by atoms with E-state index >= 15 is 0 Å². The van der Waals surface area contributed by atoms with Crippen LogP contribution in [0.25, 0.3) is 0 Å². The van der Waals surface area contributed by atoms with Crippen molar-refractivity contribution in [3.8, 4) is 0 Å². The quantitative estimate of drug-likeness (QED) is 0.741. The van der Waals surface area contributed by atoms with Crippen molar-refractivity contribution in [2.75, 3.05) is 13.1 Å². The molecule has 6 heteroatoms. The van der Waals surface area contributed by atoms with Crippen LogP contribution < -0.4 is 10.6 Å². The number of carbonyl (C=O) groups excluding carboxylic acids is 1. The van der Waals surface area contributed by atoms with Crippen molar-refractivity contribution in [2.45, 2.75) is 18.9 Å². The predicted octanol–water partition coefficient (Wildman–Crippen LogP) is 0.0199. The molecule has 0 aromatic carbocycles. The van der Waals surface area contributed by atoms with Gasteiger partial charge in [0.2, 0.25) is 0 Å². The van der Waals surface area contributed by atoms with Gasteiger partial charge in [-0.05, 0) is 19.4 Å². The molecule has 1 aliphatic rings. The summed E-state index contributed by atoms with van der Waals surface area (Å²) in [4.78, 5) is 11.4. The molecule has 1 aliphatic heterocycles. The second-order valence-electron chi connectivity index (χ2n) is 3.30. The Morgan fingerprint density at radius 2 is 2.71 bits per heavy atom. The van der Waals surface area contributed by atoms with Gasteiger partial charge in [0.25, 0.3) is 5.91 Å². The van der Waals surface area contributed by atoms with Gasteiger partial charge in [-0.25, -0.2) is 0 Å². The minimum Gasteiger partial charge on any atom is -0.349 e. The largest absolute Gasteiger partial charge is 0.349 e. The Morgan fingerprint density at radius 1 is 1.79 bits per heavy atom. The molecule has 0 saturated carbocycles. The minimum atomic E-state index is -0.132. The summed E-state index contributed by atoms with van der Waals surface area (Å²) in [7, 11) is 0. The van der Waals surface area contributed by atoms with Crippen molar-refractivity contribution in [3.05, 3.63) is 11.9 Å². The second kappa shape index (κ2) is 4.47. The molecule has 0 radical (unpaired) electrons. The zero-order valence-corrected chi connectivity index (χ0v) is 8.51. The van der Waals surface area contributed by atoms with E-state index in [1.165, 1.54) is 12.6 Å². The number of hydrogen-bond acceptors (Lipinski definition) is 5. The van der Waals surface area contributed by atoms with E-state index < -0.39 is 0 Å². The van der Waals surface area contributed by atoms with Crippen LogP contribution in [-0.4, -0.2) is 33.8 Å². The van der Waals surface area contributed by atoms with Gasteiger partial charge < -0.3 is 10.6 Å². The molecule has 1 atom stereocenters. The smallest absolute Gasteiger partial charge is 0.272 e. The molecule has 2 rings (SSSR count). The van der Waals surface area contributed by atoms with Crippen LogP contribution in [0.1, 0.15) is 23.3 Å². The number of rotatable bonds is 3. The zero-order chi connectivity index (χ0) is 9.80. The van der Waals surface area contributed by atoms with Crippen molar-refractivity contribution < 1.29 is 4.79 Å². The molecule has 1 amide bonds. The van der Waals surface area contributed by atoms with Crippen LogP contribution in [0, 0.1) is 0 Å². The molecule has 5 nitrogen and oxygen atoms in total. The van der Waals surface area contributed by atoms with Gasteiger partial charge in [0, 0.05) is 12.6 Å². The van der Waals surface area contributed by atoms with Crippen LogP contribution >= 0.6 is 11.7 Å². The Bertz CT molecular complexity index is 294. The summed E-state index contributed by atoms with van der Waals surface area (Å²) < 4.78 is 7.64. The topological polar surface area (TPSA) is 66.9 Å². The van der Waals surface area contributed by atoms with Crippen molar-refractivity contribution >= 4 is 17.6 Å². The van der Waals surface area contributed by atoms with Gasteiger partial charge in [-0.3, -0.25) is 4.79 Å². The van der Waals surface area contributed by atoms with Crippen LogP contribution in [0.2, 0.25) is 0 Å². The average molecular weight is 212 g/mol.